The topological polar surface area (TPSA) is 79.7 Å². The van der Waals surface area contributed by atoms with E-state index in [0.717, 1.165) is 21.7 Å². The molecular formula is C22H15NO4S. The molecule has 4 rings (SSSR count). The van der Waals surface area contributed by atoms with Gasteiger partial charge in [-0.25, -0.2) is 9.78 Å². The van der Waals surface area contributed by atoms with Crippen LogP contribution in [0.15, 0.2) is 78.9 Å². The SMILES string of the molecule is O=C(O)c1cc(Oc2nc(-c3ccccc3)c(-c3ccccc3)s2)ccc1O. The highest BCUT2D eigenvalue weighted by atomic mass is 32.1. The van der Waals surface area contributed by atoms with Crippen molar-refractivity contribution < 1.29 is 19.7 Å². The molecule has 0 unspecified atom stereocenters. The molecule has 0 fully saturated rings. The largest absolute Gasteiger partial charge is 0.507 e. The van der Waals surface area contributed by atoms with Crippen molar-refractivity contribution in [2.24, 2.45) is 0 Å². The molecule has 0 saturated carbocycles. The lowest BCUT2D eigenvalue weighted by molar-refractivity contribution is 0.0693. The second kappa shape index (κ2) is 7.54. The number of aromatic nitrogens is 1. The van der Waals surface area contributed by atoms with Gasteiger partial charge in [-0.1, -0.05) is 72.0 Å². The number of carboxylic acid groups (broad SMARTS) is 1. The average molecular weight is 389 g/mol. The van der Waals surface area contributed by atoms with Crippen LogP contribution < -0.4 is 4.74 Å². The van der Waals surface area contributed by atoms with Crippen LogP contribution in [-0.2, 0) is 0 Å². The molecule has 0 aliphatic heterocycles. The molecule has 28 heavy (non-hydrogen) atoms. The summed E-state index contributed by atoms with van der Waals surface area (Å²) < 4.78 is 5.82. The van der Waals surface area contributed by atoms with E-state index in [0.29, 0.717) is 10.9 Å². The molecule has 3 aromatic carbocycles. The highest BCUT2D eigenvalue weighted by molar-refractivity contribution is 7.17. The summed E-state index contributed by atoms with van der Waals surface area (Å²) in [6.45, 7) is 0. The molecule has 4 aromatic rings. The smallest absolute Gasteiger partial charge is 0.339 e. The minimum atomic E-state index is -1.22. The Bertz CT molecular complexity index is 1070. The monoisotopic (exact) mass is 389 g/mol. The first-order valence-electron chi connectivity index (χ1n) is 8.47. The van der Waals surface area contributed by atoms with E-state index in [-0.39, 0.29) is 11.3 Å². The summed E-state index contributed by atoms with van der Waals surface area (Å²) in [5, 5.41) is 19.2. The van der Waals surface area contributed by atoms with E-state index in [4.69, 9.17) is 4.74 Å². The third kappa shape index (κ3) is 3.58. The molecule has 0 amide bonds. The molecule has 0 saturated heterocycles. The molecule has 0 aliphatic rings. The number of hydrogen-bond donors (Lipinski definition) is 2. The fourth-order valence-corrected chi connectivity index (χ4v) is 3.74. The van der Waals surface area contributed by atoms with Gasteiger partial charge in [-0.05, 0) is 23.8 Å². The molecule has 0 atom stereocenters. The molecule has 0 bridgehead atoms. The second-order valence-electron chi connectivity index (χ2n) is 5.98. The maximum absolute atomic E-state index is 11.2. The predicted molar refractivity (Wildman–Crippen MR) is 108 cm³/mol. The average Bonchev–Trinajstić information content (AvgIpc) is 3.14. The first-order chi connectivity index (χ1) is 13.6. The number of thiazole rings is 1. The Morgan fingerprint density at radius 1 is 0.893 bits per heavy atom. The van der Waals surface area contributed by atoms with Crippen molar-refractivity contribution in [2.75, 3.05) is 0 Å². The van der Waals surface area contributed by atoms with Gasteiger partial charge < -0.3 is 14.9 Å². The third-order valence-corrected chi connectivity index (χ3v) is 5.08. The summed E-state index contributed by atoms with van der Waals surface area (Å²) in [7, 11) is 0. The van der Waals surface area contributed by atoms with Crippen LogP contribution in [-0.4, -0.2) is 21.2 Å². The zero-order valence-corrected chi connectivity index (χ0v) is 15.4. The Kier molecular flexibility index (Phi) is 4.78. The summed E-state index contributed by atoms with van der Waals surface area (Å²) in [6, 6.07) is 23.8. The lowest BCUT2D eigenvalue weighted by Gasteiger charge is -2.04. The van der Waals surface area contributed by atoms with Gasteiger partial charge in [0.05, 0.1) is 10.6 Å². The molecule has 1 heterocycles. The summed E-state index contributed by atoms with van der Waals surface area (Å²) in [5.74, 6) is -1.24. The fraction of sp³-hybridized carbons (Fsp3) is 0. The molecule has 2 N–H and O–H groups in total. The van der Waals surface area contributed by atoms with E-state index in [1.165, 1.54) is 29.5 Å². The highest BCUT2D eigenvalue weighted by Gasteiger charge is 2.17. The van der Waals surface area contributed by atoms with Crippen LogP contribution in [0.5, 0.6) is 16.7 Å². The van der Waals surface area contributed by atoms with Gasteiger partial charge in [0.25, 0.3) is 5.19 Å². The summed E-state index contributed by atoms with van der Waals surface area (Å²) >= 11 is 1.38. The molecule has 0 radical (unpaired) electrons. The Hall–Kier alpha value is -3.64. The van der Waals surface area contributed by atoms with Crippen LogP contribution in [0.25, 0.3) is 21.7 Å². The van der Waals surface area contributed by atoms with E-state index in [1.54, 1.807) is 0 Å². The second-order valence-corrected chi connectivity index (χ2v) is 6.94. The van der Waals surface area contributed by atoms with Crippen molar-refractivity contribution >= 4 is 17.3 Å². The summed E-state index contributed by atoms with van der Waals surface area (Å²) in [4.78, 5) is 16.8. The Morgan fingerprint density at radius 3 is 2.18 bits per heavy atom. The van der Waals surface area contributed by atoms with Gasteiger partial charge in [0.15, 0.2) is 0 Å². The van der Waals surface area contributed by atoms with Crippen LogP contribution >= 0.6 is 11.3 Å². The number of nitrogens with zero attached hydrogens (tertiary/aromatic N) is 1. The minimum absolute atomic E-state index is 0.222. The van der Waals surface area contributed by atoms with Gasteiger partial charge in [-0.2, -0.15) is 0 Å². The predicted octanol–water partition coefficient (Wildman–Crippen LogP) is 5.67. The summed E-state index contributed by atoms with van der Waals surface area (Å²) in [5.41, 5.74) is 2.56. The van der Waals surface area contributed by atoms with Crippen LogP contribution in [0.4, 0.5) is 0 Å². The van der Waals surface area contributed by atoms with E-state index >= 15 is 0 Å². The van der Waals surface area contributed by atoms with E-state index in [1.807, 2.05) is 60.7 Å². The van der Waals surface area contributed by atoms with Gasteiger partial charge in [-0.3, -0.25) is 0 Å². The Balaban J connectivity index is 1.76. The van der Waals surface area contributed by atoms with Crippen molar-refractivity contribution in [3.8, 4) is 38.4 Å². The number of aromatic carboxylic acids is 1. The number of carboxylic acids is 1. The number of phenols is 1. The van der Waals surface area contributed by atoms with Gasteiger partial charge in [0.1, 0.15) is 17.1 Å². The number of carbonyl (C=O) groups is 1. The maximum Gasteiger partial charge on any atom is 0.339 e. The van der Waals surface area contributed by atoms with Gasteiger partial charge in [0, 0.05) is 5.56 Å². The normalized spacial score (nSPS) is 10.6. The fourth-order valence-electron chi connectivity index (χ4n) is 2.77. The first-order valence-corrected chi connectivity index (χ1v) is 9.29. The first kappa shape index (κ1) is 17.8. The van der Waals surface area contributed by atoms with E-state index in [2.05, 4.69) is 4.98 Å². The zero-order chi connectivity index (χ0) is 19.5. The van der Waals surface area contributed by atoms with Crippen molar-refractivity contribution in [1.82, 2.24) is 4.98 Å². The van der Waals surface area contributed by atoms with Crippen molar-refractivity contribution in [3.63, 3.8) is 0 Å². The minimum Gasteiger partial charge on any atom is -0.507 e. The van der Waals surface area contributed by atoms with Gasteiger partial charge in [0.2, 0.25) is 0 Å². The molecule has 5 nitrogen and oxygen atoms in total. The van der Waals surface area contributed by atoms with Crippen LogP contribution in [0.1, 0.15) is 10.4 Å². The molecular weight excluding hydrogens is 374 g/mol. The zero-order valence-electron chi connectivity index (χ0n) is 14.6. The van der Waals surface area contributed by atoms with Crippen LogP contribution in [0.2, 0.25) is 0 Å². The van der Waals surface area contributed by atoms with Gasteiger partial charge >= 0.3 is 5.97 Å². The van der Waals surface area contributed by atoms with E-state index in [9.17, 15) is 15.0 Å². The van der Waals surface area contributed by atoms with E-state index < -0.39 is 5.97 Å². The van der Waals surface area contributed by atoms with Crippen LogP contribution in [0.3, 0.4) is 0 Å². The molecule has 0 aliphatic carbocycles. The number of hydrogen-bond acceptors (Lipinski definition) is 5. The number of ether oxygens (including phenoxy) is 1. The number of rotatable bonds is 5. The van der Waals surface area contributed by atoms with Crippen molar-refractivity contribution in [1.29, 1.82) is 0 Å². The lowest BCUT2D eigenvalue weighted by Crippen LogP contribution is -1.97. The third-order valence-electron chi connectivity index (χ3n) is 4.09. The Labute approximate surface area is 165 Å². The quantitative estimate of drug-likeness (QED) is 0.459. The number of aromatic hydroxyl groups is 1. The lowest BCUT2D eigenvalue weighted by atomic mass is 10.1. The number of benzene rings is 3. The maximum atomic E-state index is 11.2. The summed E-state index contributed by atoms with van der Waals surface area (Å²) in [6.07, 6.45) is 0. The Morgan fingerprint density at radius 2 is 1.54 bits per heavy atom. The standard InChI is InChI=1S/C22H15NO4S/c24-18-12-11-16(13-17(18)21(25)26)27-22-23-19(14-7-3-1-4-8-14)20(28-22)15-9-5-2-6-10-15/h1-13,24H,(H,25,26). The van der Waals surface area contributed by atoms with Crippen LogP contribution in [0, 0.1) is 0 Å². The van der Waals surface area contributed by atoms with Crippen molar-refractivity contribution in [2.45, 2.75) is 0 Å². The molecule has 0 spiro atoms. The molecule has 1 aromatic heterocycles. The highest BCUT2D eigenvalue weighted by Crippen LogP contribution is 2.41. The molecule has 6 heteroatoms. The molecule has 138 valence electrons. The van der Waals surface area contributed by atoms with Gasteiger partial charge in [-0.15, -0.1) is 0 Å². The van der Waals surface area contributed by atoms with Crippen molar-refractivity contribution in [3.05, 3.63) is 84.4 Å².